The molecule has 0 saturated carbocycles. The van der Waals surface area contributed by atoms with Crippen LogP contribution in [-0.2, 0) is 0 Å². The Morgan fingerprint density at radius 3 is 2.75 bits per heavy atom. The zero-order valence-corrected chi connectivity index (χ0v) is 9.39. The highest BCUT2D eigenvalue weighted by Crippen LogP contribution is 2.26. The van der Waals surface area contributed by atoms with Crippen LogP contribution in [0.1, 0.15) is 5.56 Å². The fraction of sp³-hybridized carbons (Fsp3) is 0.125. The molecule has 1 aromatic carbocycles. The third kappa shape index (κ3) is 1.84. The lowest BCUT2D eigenvalue weighted by molar-refractivity contribution is 0.404. The minimum absolute atomic E-state index is 0.616. The van der Waals surface area contributed by atoms with Gasteiger partial charge in [0, 0.05) is 14.5 Å². The normalized spacial score (nSPS) is 9.17. The molecule has 0 unspecified atom stereocenters. The van der Waals surface area contributed by atoms with Crippen LogP contribution in [0, 0.1) is 14.9 Å². The van der Waals surface area contributed by atoms with Crippen molar-refractivity contribution in [2.24, 2.45) is 0 Å². The number of rotatable bonds is 1. The number of halogens is 1. The molecule has 0 saturated heterocycles. The number of benzene rings is 1. The number of nitrogens with zero attached hydrogens (tertiary/aromatic N) is 1. The minimum Gasteiger partial charge on any atom is -0.496 e. The van der Waals surface area contributed by atoms with Crippen molar-refractivity contribution in [3.63, 3.8) is 0 Å². The van der Waals surface area contributed by atoms with Crippen LogP contribution < -0.4 is 4.74 Å². The van der Waals surface area contributed by atoms with Gasteiger partial charge in [-0.3, -0.25) is 0 Å². The van der Waals surface area contributed by atoms with Crippen molar-refractivity contribution in [2.75, 3.05) is 7.11 Å². The molecule has 1 rings (SSSR count). The second kappa shape index (κ2) is 4.01. The van der Waals surface area contributed by atoms with Gasteiger partial charge in [0.1, 0.15) is 11.8 Å². The van der Waals surface area contributed by atoms with Crippen LogP contribution in [0.5, 0.6) is 5.75 Å². The van der Waals surface area contributed by atoms with Gasteiger partial charge in [0.25, 0.3) is 0 Å². The Hall–Kier alpha value is -0.410. The Bertz CT molecular complexity index is 346. The van der Waals surface area contributed by atoms with E-state index in [2.05, 4.69) is 41.3 Å². The van der Waals surface area contributed by atoms with Gasteiger partial charge in [-0.25, -0.2) is 0 Å². The lowest BCUT2D eigenvalue weighted by Gasteiger charge is -2.04. The predicted molar refractivity (Wildman–Crippen MR) is 57.7 cm³/mol. The van der Waals surface area contributed by atoms with E-state index in [0.29, 0.717) is 11.3 Å². The van der Waals surface area contributed by atoms with Crippen LogP contribution in [0.25, 0.3) is 0 Å². The van der Waals surface area contributed by atoms with E-state index in [4.69, 9.17) is 10.00 Å². The zero-order chi connectivity index (χ0) is 9.14. The van der Waals surface area contributed by atoms with Gasteiger partial charge in [0.05, 0.1) is 12.7 Å². The van der Waals surface area contributed by atoms with Gasteiger partial charge < -0.3 is 4.74 Å². The first-order valence-electron chi connectivity index (χ1n) is 3.15. The third-order valence-corrected chi connectivity index (χ3v) is 2.63. The Kier molecular flexibility index (Phi) is 3.23. The first-order chi connectivity index (χ1) is 5.69. The molecule has 0 fully saturated rings. The van der Waals surface area contributed by atoms with E-state index in [1.807, 2.05) is 0 Å². The largest absolute Gasteiger partial charge is 0.496 e. The summed E-state index contributed by atoms with van der Waals surface area (Å²) in [5.41, 5.74) is 0.616. The summed E-state index contributed by atoms with van der Waals surface area (Å²) in [6.07, 6.45) is 0. The number of hydrogen-bond donors (Lipinski definition) is 1. The van der Waals surface area contributed by atoms with E-state index in [1.54, 1.807) is 19.2 Å². The van der Waals surface area contributed by atoms with E-state index in [0.717, 1.165) is 8.47 Å². The molecule has 0 aliphatic carbocycles. The number of nitriles is 1. The lowest BCUT2D eigenvalue weighted by Crippen LogP contribution is -1.88. The van der Waals surface area contributed by atoms with E-state index in [1.165, 1.54) is 0 Å². The number of hydrogen-bond acceptors (Lipinski definition) is 3. The molecular formula is C8H6INOS. The highest BCUT2D eigenvalue weighted by molar-refractivity contribution is 14.1. The van der Waals surface area contributed by atoms with E-state index >= 15 is 0 Å². The molecule has 0 spiro atoms. The molecule has 4 heteroatoms. The zero-order valence-electron chi connectivity index (χ0n) is 6.34. The summed E-state index contributed by atoms with van der Waals surface area (Å²) in [6.45, 7) is 0. The van der Waals surface area contributed by atoms with Crippen molar-refractivity contribution in [1.82, 2.24) is 0 Å². The molecule has 0 bridgehead atoms. The fourth-order valence-corrected chi connectivity index (χ4v) is 1.91. The SMILES string of the molecule is COc1cc(C#N)c(I)cc1S. The van der Waals surface area contributed by atoms with Crippen LogP contribution in [0.2, 0.25) is 0 Å². The summed E-state index contributed by atoms with van der Waals surface area (Å²) >= 11 is 6.29. The molecule has 0 atom stereocenters. The Labute approximate surface area is 90.1 Å². The van der Waals surface area contributed by atoms with Crippen molar-refractivity contribution in [1.29, 1.82) is 5.26 Å². The average molecular weight is 291 g/mol. The second-order valence-corrected chi connectivity index (χ2v) is 3.76. The van der Waals surface area contributed by atoms with Crippen molar-refractivity contribution in [3.8, 4) is 11.8 Å². The summed E-state index contributed by atoms with van der Waals surface area (Å²) in [6, 6.07) is 5.57. The number of thiol groups is 1. The Morgan fingerprint density at radius 1 is 1.58 bits per heavy atom. The second-order valence-electron chi connectivity index (χ2n) is 2.12. The summed E-state index contributed by atoms with van der Waals surface area (Å²) in [5, 5.41) is 8.69. The molecule has 0 aliphatic rings. The maximum absolute atomic E-state index is 8.69. The molecule has 0 aromatic heterocycles. The predicted octanol–water partition coefficient (Wildman–Crippen LogP) is 2.46. The topological polar surface area (TPSA) is 33.0 Å². The van der Waals surface area contributed by atoms with Crippen LogP contribution >= 0.6 is 35.2 Å². The van der Waals surface area contributed by atoms with Crippen molar-refractivity contribution in [2.45, 2.75) is 4.90 Å². The molecule has 2 nitrogen and oxygen atoms in total. The lowest BCUT2D eigenvalue weighted by atomic mass is 10.2. The fourth-order valence-electron chi connectivity index (χ4n) is 0.792. The van der Waals surface area contributed by atoms with Crippen LogP contribution in [-0.4, -0.2) is 7.11 Å². The summed E-state index contributed by atoms with van der Waals surface area (Å²) in [4.78, 5) is 0.751. The van der Waals surface area contributed by atoms with E-state index in [-0.39, 0.29) is 0 Å². The number of ether oxygens (including phenoxy) is 1. The molecule has 0 N–H and O–H groups in total. The van der Waals surface area contributed by atoms with Crippen molar-refractivity contribution < 1.29 is 4.74 Å². The van der Waals surface area contributed by atoms with Gasteiger partial charge in [-0.05, 0) is 28.7 Å². The van der Waals surface area contributed by atoms with Gasteiger partial charge in [0.2, 0.25) is 0 Å². The Morgan fingerprint density at radius 2 is 2.25 bits per heavy atom. The quantitative estimate of drug-likeness (QED) is 0.637. The summed E-state index contributed by atoms with van der Waals surface area (Å²) < 4.78 is 5.90. The molecule has 12 heavy (non-hydrogen) atoms. The molecule has 0 heterocycles. The first kappa shape index (κ1) is 9.68. The summed E-state index contributed by atoms with van der Waals surface area (Å²) in [5.74, 6) is 0.635. The van der Waals surface area contributed by atoms with Gasteiger partial charge in [-0.1, -0.05) is 0 Å². The average Bonchev–Trinajstić information content (AvgIpc) is 2.05. The van der Waals surface area contributed by atoms with Crippen molar-refractivity contribution in [3.05, 3.63) is 21.3 Å². The maximum Gasteiger partial charge on any atom is 0.133 e. The standard InChI is InChI=1S/C8H6INOS/c1-11-7-2-5(4-10)6(9)3-8(7)12/h2-3,12H,1H3. The molecule has 0 amide bonds. The van der Waals surface area contributed by atoms with Crippen LogP contribution in [0.3, 0.4) is 0 Å². The van der Waals surface area contributed by atoms with Gasteiger partial charge in [0.15, 0.2) is 0 Å². The molecule has 1 aromatic rings. The third-order valence-electron chi connectivity index (χ3n) is 1.39. The number of methoxy groups -OCH3 is 1. The molecule has 0 aliphatic heterocycles. The monoisotopic (exact) mass is 291 g/mol. The molecular weight excluding hydrogens is 285 g/mol. The van der Waals surface area contributed by atoms with Crippen molar-refractivity contribution >= 4 is 35.2 Å². The maximum atomic E-state index is 8.69. The van der Waals surface area contributed by atoms with Crippen LogP contribution in [0.15, 0.2) is 17.0 Å². The molecule has 62 valence electrons. The summed E-state index contributed by atoms with van der Waals surface area (Å²) in [7, 11) is 1.56. The first-order valence-corrected chi connectivity index (χ1v) is 4.68. The van der Waals surface area contributed by atoms with E-state index in [9.17, 15) is 0 Å². The van der Waals surface area contributed by atoms with Gasteiger partial charge >= 0.3 is 0 Å². The highest BCUT2D eigenvalue weighted by Gasteiger charge is 2.04. The van der Waals surface area contributed by atoms with Crippen LogP contribution in [0.4, 0.5) is 0 Å². The molecule has 0 radical (unpaired) electrons. The minimum atomic E-state index is 0.616. The van der Waals surface area contributed by atoms with Gasteiger partial charge in [-0.2, -0.15) is 5.26 Å². The van der Waals surface area contributed by atoms with E-state index < -0.39 is 0 Å². The smallest absolute Gasteiger partial charge is 0.133 e. The van der Waals surface area contributed by atoms with Gasteiger partial charge in [-0.15, -0.1) is 12.6 Å². The Balaban J connectivity index is 3.30. The highest BCUT2D eigenvalue weighted by atomic mass is 127.